The highest BCUT2D eigenvalue weighted by atomic mass is 16.3. The van der Waals surface area contributed by atoms with E-state index in [-0.39, 0.29) is 34.4 Å². The predicted molar refractivity (Wildman–Crippen MR) is 95.4 cm³/mol. The van der Waals surface area contributed by atoms with Gasteiger partial charge in [0.25, 0.3) is 0 Å². The molecule has 4 rings (SSSR count). The number of fused-ring (bicyclic) bond motifs is 5. The number of hydrogen-bond donors (Lipinski definition) is 2. The molecule has 138 valence electrons. The normalized spacial score (nSPS) is 51.7. The second kappa shape index (κ2) is 5.18. The van der Waals surface area contributed by atoms with E-state index in [1.54, 1.807) is 6.92 Å². The maximum atomic E-state index is 12.3. The highest BCUT2D eigenvalue weighted by molar-refractivity contribution is 5.80. The van der Waals surface area contributed by atoms with Gasteiger partial charge in [-0.1, -0.05) is 19.9 Å². The van der Waals surface area contributed by atoms with Crippen LogP contribution in [0, 0.1) is 34.5 Å². The van der Waals surface area contributed by atoms with Crippen molar-refractivity contribution in [2.45, 2.75) is 71.8 Å². The minimum atomic E-state index is -0.815. The van der Waals surface area contributed by atoms with Crippen LogP contribution in [0.5, 0.6) is 0 Å². The highest BCUT2D eigenvalue weighted by Crippen LogP contribution is 2.67. The zero-order valence-electron chi connectivity index (χ0n) is 15.9. The van der Waals surface area contributed by atoms with E-state index in [0.717, 1.165) is 31.4 Å². The number of hydrogen-bond acceptors (Lipinski definition) is 3. The Morgan fingerprint density at radius 1 is 1.28 bits per heavy atom. The molecule has 0 aromatic heterocycles. The molecule has 0 aromatic rings. The average Bonchev–Trinajstić information content (AvgIpc) is 2.83. The topological polar surface area (TPSA) is 66.4 Å². The number of rotatable bonds is 1. The number of carbonyl (C=O) groups is 2. The van der Waals surface area contributed by atoms with Gasteiger partial charge in [-0.2, -0.15) is 0 Å². The lowest BCUT2D eigenvalue weighted by Crippen LogP contribution is -2.63. The third-order valence-corrected chi connectivity index (χ3v) is 8.30. The monoisotopic (exact) mass is 345 g/mol. The molecule has 0 radical (unpaired) electrons. The standard InChI is InChI=1S/C21H31NO3/c1-12(23)14-6-7-15-13-5-8-16-19(2,10-9-17(24)22-16)18(13)21(4,25)11-20(14,15)3/h8,13-15,18,25H,5-7,9-11H2,1-4H3,(H,22,24)/t13?,14?,15?,18?,19-,20+,21-/m0/s1. The molecule has 0 aromatic carbocycles. The van der Waals surface area contributed by atoms with Crippen molar-refractivity contribution in [1.29, 1.82) is 0 Å². The molecule has 25 heavy (non-hydrogen) atoms. The van der Waals surface area contributed by atoms with Crippen molar-refractivity contribution in [1.82, 2.24) is 5.32 Å². The molecule has 0 bridgehead atoms. The Kier molecular flexibility index (Phi) is 3.58. The Balaban J connectivity index is 1.78. The quantitative estimate of drug-likeness (QED) is 0.767. The number of Topliss-reactive ketones (excluding diaryl/α,β-unsaturated/α-hetero) is 1. The van der Waals surface area contributed by atoms with Gasteiger partial charge in [0.1, 0.15) is 5.78 Å². The summed E-state index contributed by atoms with van der Waals surface area (Å²) in [6.45, 7) is 8.16. The molecular weight excluding hydrogens is 314 g/mol. The fourth-order valence-electron chi connectivity index (χ4n) is 7.65. The van der Waals surface area contributed by atoms with Crippen molar-refractivity contribution < 1.29 is 14.7 Å². The van der Waals surface area contributed by atoms with Crippen LogP contribution in [0.15, 0.2) is 11.8 Å². The van der Waals surface area contributed by atoms with Gasteiger partial charge in [-0.25, -0.2) is 0 Å². The third kappa shape index (κ3) is 2.22. The van der Waals surface area contributed by atoms with Gasteiger partial charge in [0.15, 0.2) is 0 Å². The molecule has 7 atom stereocenters. The molecule has 4 aliphatic rings. The average molecular weight is 345 g/mol. The van der Waals surface area contributed by atoms with Crippen LogP contribution in [0.1, 0.15) is 66.2 Å². The summed E-state index contributed by atoms with van der Waals surface area (Å²) in [4.78, 5) is 24.1. The lowest BCUT2D eigenvalue weighted by atomic mass is 9.44. The van der Waals surface area contributed by atoms with Crippen molar-refractivity contribution >= 4 is 11.7 Å². The van der Waals surface area contributed by atoms with Gasteiger partial charge in [-0.15, -0.1) is 0 Å². The number of allylic oxidation sites excluding steroid dienone is 2. The van der Waals surface area contributed by atoms with E-state index >= 15 is 0 Å². The van der Waals surface area contributed by atoms with Crippen LogP contribution in [0.3, 0.4) is 0 Å². The van der Waals surface area contributed by atoms with E-state index < -0.39 is 5.60 Å². The van der Waals surface area contributed by atoms with E-state index in [1.807, 2.05) is 6.92 Å². The summed E-state index contributed by atoms with van der Waals surface area (Å²) in [7, 11) is 0. The van der Waals surface area contributed by atoms with Crippen LogP contribution in [-0.4, -0.2) is 22.4 Å². The molecule has 3 aliphatic carbocycles. The van der Waals surface area contributed by atoms with Gasteiger partial charge >= 0.3 is 0 Å². The molecule has 1 saturated heterocycles. The molecule has 4 nitrogen and oxygen atoms in total. The summed E-state index contributed by atoms with van der Waals surface area (Å²) < 4.78 is 0. The summed E-state index contributed by atoms with van der Waals surface area (Å²) in [6.07, 6.45) is 7.18. The van der Waals surface area contributed by atoms with Crippen LogP contribution >= 0.6 is 0 Å². The summed E-state index contributed by atoms with van der Waals surface area (Å²) >= 11 is 0. The first-order chi connectivity index (χ1) is 11.6. The van der Waals surface area contributed by atoms with Gasteiger partial charge in [-0.05, 0) is 63.2 Å². The summed E-state index contributed by atoms with van der Waals surface area (Å²) in [6, 6.07) is 0. The lowest BCUT2D eigenvalue weighted by molar-refractivity contribution is -0.180. The van der Waals surface area contributed by atoms with Crippen LogP contribution in [-0.2, 0) is 9.59 Å². The van der Waals surface area contributed by atoms with Gasteiger partial charge in [-0.3, -0.25) is 9.59 Å². The minimum absolute atomic E-state index is 0.0779. The SMILES string of the molecule is CC(=O)C1CCC2C3CC=C4NC(=O)CC[C@]4(C)C3[C@@](C)(O)C[C@]12C. The Morgan fingerprint density at radius 3 is 2.68 bits per heavy atom. The number of nitrogens with one attached hydrogen (secondary N) is 1. The Morgan fingerprint density at radius 2 is 2.00 bits per heavy atom. The Labute approximate surface area is 150 Å². The number of ketones is 1. The van der Waals surface area contributed by atoms with E-state index in [9.17, 15) is 14.7 Å². The smallest absolute Gasteiger partial charge is 0.224 e. The molecule has 0 spiro atoms. The minimum Gasteiger partial charge on any atom is -0.390 e. The zero-order valence-corrected chi connectivity index (χ0v) is 15.9. The lowest BCUT2D eigenvalue weighted by Gasteiger charge is -2.62. The summed E-state index contributed by atoms with van der Waals surface area (Å²) in [5.41, 5.74) is -0.0638. The van der Waals surface area contributed by atoms with Gasteiger partial charge in [0, 0.05) is 29.4 Å². The molecule has 1 heterocycles. The second-order valence-electron chi connectivity index (χ2n) is 9.85. The van der Waals surface area contributed by atoms with Gasteiger partial charge in [0.05, 0.1) is 5.60 Å². The van der Waals surface area contributed by atoms with Crippen LogP contribution in [0.25, 0.3) is 0 Å². The number of amides is 1. The van der Waals surface area contributed by atoms with Crippen molar-refractivity contribution in [3.63, 3.8) is 0 Å². The maximum Gasteiger partial charge on any atom is 0.224 e. The predicted octanol–water partition coefficient (Wildman–Crippen LogP) is 3.20. The first-order valence-electron chi connectivity index (χ1n) is 9.83. The van der Waals surface area contributed by atoms with E-state index in [0.29, 0.717) is 24.7 Å². The molecule has 3 fully saturated rings. The van der Waals surface area contributed by atoms with Crippen molar-refractivity contribution in [2.24, 2.45) is 34.5 Å². The van der Waals surface area contributed by atoms with E-state index in [1.165, 1.54) is 0 Å². The van der Waals surface area contributed by atoms with Gasteiger partial charge in [0.2, 0.25) is 5.91 Å². The second-order valence-corrected chi connectivity index (χ2v) is 9.85. The van der Waals surface area contributed by atoms with E-state index in [2.05, 4.69) is 25.2 Å². The Bertz CT molecular complexity index is 666. The largest absolute Gasteiger partial charge is 0.390 e. The van der Waals surface area contributed by atoms with Crippen LogP contribution in [0.2, 0.25) is 0 Å². The number of carbonyl (C=O) groups excluding carboxylic acids is 2. The summed E-state index contributed by atoms with van der Waals surface area (Å²) in [5.74, 6) is 1.47. The third-order valence-electron chi connectivity index (χ3n) is 8.30. The fourth-order valence-corrected chi connectivity index (χ4v) is 7.65. The Hall–Kier alpha value is -1.16. The summed E-state index contributed by atoms with van der Waals surface area (Å²) in [5, 5.41) is 14.7. The first kappa shape index (κ1) is 17.3. The van der Waals surface area contributed by atoms with Crippen molar-refractivity contribution in [3.05, 3.63) is 11.8 Å². The molecule has 2 N–H and O–H groups in total. The van der Waals surface area contributed by atoms with Crippen LogP contribution in [0.4, 0.5) is 0 Å². The van der Waals surface area contributed by atoms with Gasteiger partial charge < -0.3 is 10.4 Å². The van der Waals surface area contributed by atoms with Crippen molar-refractivity contribution in [2.75, 3.05) is 0 Å². The zero-order chi connectivity index (χ0) is 18.2. The molecule has 2 saturated carbocycles. The molecular formula is C21H31NO3. The molecule has 1 aliphatic heterocycles. The molecule has 1 amide bonds. The fraction of sp³-hybridized carbons (Fsp3) is 0.810. The number of aliphatic hydroxyl groups is 1. The first-order valence-corrected chi connectivity index (χ1v) is 9.83. The molecule has 4 heteroatoms. The number of piperidine rings is 1. The van der Waals surface area contributed by atoms with Crippen molar-refractivity contribution in [3.8, 4) is 0 Å². The maximum absolute atomic E-state index is 12.3. The highest BCUT2D eigenvalue weighted by Gasteiger charge is 2.65. The molecule has 4 unspecified atom stereocenters. The van der Waals surface area contributed by atoms with Crippen LogP contribution < -0.4 is 5.32 Å². The van der Waals surface area contributed by atoms with E-state index in [4.69, 9.17) is 0 Å².